The molecule has 0 radical (unpaired) electrons. The van der Waals surface area contributed by atoms with E-state index in [-0.39, 0.29) is 11.0 Å². The van der Waals surface area contributed by atoms with Gasteiger partial charge < -0.3 is 10.4 Å². The quantitative estimate of drug-likeness (QED) is 0.641. The Kier molecular flexibility index (Phi) is 3.75. The normalized spacial score (nSPS) is 23.6. The first kappa shape index (κ1) is 12.7. The number of nitro groups is 1. The minimum Gasteiger partial charge on any atom is -0.481 e. The Hall–Kier alpha value is -1.70. The zero-order chi connectivity index (χ0) is 13.1. The second kappa shape index (κ2) is 5.30. The summed E-state index contributed by atoms with van der Waals surface area (Å²) in [5.74, 6) is -1.26. The van der Waals surface area contributed by atoms with Crippen molar-refractivity contribution in [1.82, 2.24) is 4.98 Å². The van der Waals surface area contributed by atoms with E-state index >= 15 is 0 Å². The molecular weight excluding hydrogens is 258 g/mol. The number of nitrogens with one attached hydrogen (secondary N) is 1. The minimum absolute atomic E-state index is 0.0415. The molecule has 0 aliphatic heterocycles. The van der Waals surface area contributed by atoms with E-state index in [4.69, 9.17) is 5.11 Å². The smallest absolute Gasteiger partial charge is 0.345 e. The number of carbonyl (C=O) groups is 1. The predicted octanol–water partition coefficient (Wildman–Crippen LogP) is 2.11. The molecule has 1 aliphatic carbocycles. The van der Waals surface area contributed by atoms with Gasteiger partial charge in [0.2, 0.25) is 0 Å². The molecule has 0 saturated heterocycles. The lowest BCUT2D eigenvalue weighted by Crippen LogP contribution is -2.37. The molecule has 2 rings (SSSR count). The molecule has 1 heterocycles. The highest BCUT2D eigenvalue weighted by atomic mass is 32.1. The second-order valence-corrected chi connectivity index (χ2v) is 5.25. The molecular formula is C10H13N3O4S. The number of thiazole rings is 1. The zero-order valence-electron chi connectivity index (χ0n) is 9.54. The van der Waals surface area contributed by atoms with Gasteiger partial charge in [0, 0.05) is 6.04 Å². The average molecular weight is 271 g/mol. The van der Waals surface area contributed by atoms with E-state index in [9.17, 15) is 14.9 Å². The fourth-order valence-electron chi connectivity index (χ4n) is 2.17. The molecule has 0 bridgehead atoms. The maximum atomic E-state index is 11.1. The lowest BCUT2D eigenvalue weighted by molar-refractivity contribution is -0.380. The van der Waals surface area contributed by atoms with Crippen molar-refractivity contribution in [3.8, 4) is 0 Å². The summed E-state index contributed by atoms with van der Waals surface area (Å²) in [5, 5.41) is 23.0. The maximum Gasteiger partial charge on any atom is 0.345 e. The number of carboxylic acid groups (broad SMARTS) is 1. The highest BCUT2D eigenvalue weighted by Crippen LogP contribution is 2.31. The summed E-state index contributed by atoms with van der Waals surface area (Å²) in [6.45, 7) is 0. The summed E-state index contributed by atoms with van der Waals surface area (Å²) in [5.41, 5.74) is 0. The van der Waals surface area contributed by atoms with Crippen LogP contribution in [0.4, 0.5) is 10.1 Å². The van der Waals surface area contributed by atoms with Gasteiger partial charge in [-0.15, -0.1) is 0 Å². The SMILES string of the molecule is O=C(O)C1CCCCC1Nc1ncc([N+](=O)[O-])s1. The van der Waals surface area contributed by atoms with Crippen molar-refractivity contribution in [2.24, 2.45) is 5.92 Å². The Morgan fingerprint density at radius 1 is 1.56 bits per heavy atom. The van der Waals surface area contributed by atoms with Crippen LogP contribution < -0.4 is 5.32 Å². The Labute approximate surface area is 107 Å². The molecule has 0 aromatic carbocycles. The first-order valence-corrected chi connectivity index (χ1v) is 6.49. The van der Waals surface area contributed by atoms with Crippen LogP contribution in [0.25, 0.3) is 0 Å². The maximum absolute atomic E-state index is 11.1. The first-order chi connectivity index (χ1) is 8.58. The molecule has 7 nitrogen and oxygen atoms in total. The van der Waals surface area contributed by atoms with E-state index in [1.165, 1.54) is 6.20 Å². The van der Waals surface area contributed by atoms with Crippen molar-refractivity contribution in [2.45, 2.75) is 31.7 Å². The van der Waals surface area contributed by atoms with Crippen molar-refractivity contribution in [3.63, 3.8) is 0 Å². The Balaban J connectivity index is 2.06. The lowest BCUT2D eigenvalue weighted by atomic mass is 9.85. The number of hydrogen-bond donors (Lipinski definition) is 2. The number of anilines is 1. The van der Waals surface area contributed by atoms with Gasteiger partial charge in [-0.2, -0.15) is 0 Å². The Morgan fingerprint density at radius 2 is 2.28 bits per heavy atom. The van der Waals surface area contributed by atoms with Crippen LogP contribution in [0, 0.1) is 16.0 Å². The fourth-order valence-corrected chi connectivity index (χ4v) is 2.87. The van der Waals surface area contributed by atoms with E-state index in [1.807, 2.05) is 0 Å². The molecule has 1 saturated carbocycles. The third-order valence-electron chi connectivity index (χ3n) is 3.07. The molecule has 2 atom stereocenters. The van der Waals surface area contributed by atoms with Crippen LogP contribution in [0.1, 0.15) is 25.7 Å². The van der Waals surface area contributed by atoms with Gasteiger partial charge >= 0.3 is 11.0 Å². The number of aliphatic carboxylic acids is 1. The molecule has 8 heteroatoms. The van der Waals surface area contributed by atoms with Crippen LogP contribution in [0.3, 0.4) is 0 Å². The topological polar surface area (TPSA) is 105 Å². The monoisotopic (exact) mass is 271 g/mol. The van der Waals surface area contributed by atoms with Gasteiger partial charge in [-0.05, 0) is 24.2 Å². The van der Waals surface area contributed by atoms with E-state index in [0.717, 1.165) is 30.6 Å². The van der Waals surface area contributed by atoms with Gasteiger partial charge in [0.25, 0.3) is 0 Å². The fraction of sp³-hybridized carbons (Fsp3) is 0.600. The molecule has 1 aliphatic rings. The van der Waals surface area contributed by atoms with Crippen molar-refractivity contribution < 1.29 is 14.8 Å². The van der Waals surface area contributed by atoms with Gasteiger partial charge in [-0.1, -0.05) is 12.8 Å². The predicted molar refractivity (Wildman–Crippen MR) is 65.8 cm³/mol. The van der Waals surface area contributed by atoms with E-state index < -0.39 is 16.8 Å². The van der Waals surface area contributed by atoms with Crippen molar-refractivity contribution in [2.75, 3.05) is 5.32 Å². The van der Waals surface area contributed by atoms with Crippen molar-refractivity contribution in [3.05, 3.63) is 16.3 Å². The molecule has 1 fully saturated rings. The van der Waals surface area contributed by atoms with Crippen LogP contribution in [-0.4, -0.2) is 27.0 Å². The van der Waals surface area contributed by atoms with Gasteiger partial charge in [-0.3, -0.25) is 14.9 Å². The standard InChI is InChI=1S/C10H13N3O4S/c14-9(15)6-3-1-2-4-7(6)12-10-11-5-8(18-10)13(16)17/h5-7H,1-4H2,(H,11,12)(H,14,15). The summed E-state index contributed by atoms with van der Waals surface area (Å²) in [4.78, 5) is 25.0. The molecule has 0 amide bonds. The minimum atomic E-state index is -0.821. The number of rotatable bonds is 4. The number of hydrogen-bond acceptors (Lipinski definition) is 6. The molecule has 0 spiro atoms. The van der Waals surface area contributed by atoms with Crippen LogP contribution in [0.15, 0.2) is 6.20 Å². The highest BCUT2D eigenvalue weighted by molar-refractivity contribution is 7.18. The molecule has 2 unspecified atom stereocenters. The number of carboxylic acids is 1. The van der Waals surface area contributed by atoms with Gasteiger partial charge in [-0.25, -0.2) is 4.98 Å². The second-order valence-electron chi connectivity index (χ2n) is 4.24. The molecule has 2 N–H and O–H groups in total. The van der Waals surface area contributed by atoms with Crippen molar-refractivity contribution >= 4 is 27.4 Å². The van der Waals surface area contributed by atoms with E-state index in [0.29, 0.717) is 11.6 Å². The highest BCUT2D eigenvalue weighted by Gasteiger charge is 2.31. The molecule has 1 aromatic heterocycles. The van der Waals surface area contributed by atoms with E-state index in [1.54, 1.807) is 0 Å². The van der Waals surface area contributed by atoms with Gasteiger partial charge in [0.1, 0.15) is 6.20 Å². The van der Waals surface area contributed by atoms with Gasteiger partial charge in [0.15, 0.2) is 5.13 Å². The van der Waals surface area contributed by atoms with E-state index in [2.05, 4.69) is 10.3 Å². The average Bonchev–Trinajstić information content (AvgIpc) is 2.78. The third kappa shape index (κ3) is 2.76. The molecule has 1 aromatic rings. The van der Waals surface area contributed by atoms with Crippen LogP contribution in [0.5, 0.6) is 0 Å². The summed E-state index contributed by atoms with van der Waals surface area (Å²) in [7, 11) is 0. The molecule has 98 valence electrons. The zero-order valence-corrected chi connectivity index (χ0v) is 10.4. The van der Waals surface area contributed by atoms with Gasteiger partial charge in [0.05, 0.1) is 10.8 Å². The molecule has 18 heavy (non-hydrogen) atoms. The Morgan fingerprint density at radius 3 is 2.89 bits per heavy atom. The third-order valence-corrected chi connectivity index (χ3v) is 3.95. The van der Waals surface area contributed by atoms with Crippen LogP contribution in [0.2, 0.25) is 0 Å². The lowest BCUT2D eigenvalue weighted by Gasteiger charge is -2.28. The summed E-state index contributed by atoms with van der Waals surface area (Å²) in [6.07, 6.45) is 4.46. The van der Waals surface area contributed by atoms with Crippen LogP contribution in [-0.2, 0) is 4.79 Å². The summed E-state index contributed by atoms with van der Waals surface area (Å²) < 4.78 is 0. The number of nitrogens with zero attached hydrogens (tertiary/aromatic N) is 2. The number of aromatic nitrogens is 1. The van der Waals surface area contributed by atoms with Crippen molar-refractivity contribution in [1.29, 1.82) is 0 Å². The van der Waals surface area contributed by atoms with Crippen LogP contribution >= 0.6 is 11.3 Å². The Bertz CT molecular complexity index is 462. The largest absolute Gasteiger partial charge is 0.481 e. The summed E-state index contributed by atoms with van der Waals surface area (Å²) in [6, 6.07) is -0.193. The first-order valence-electron chi connectivity index (χ1n) is 5.67. The summed E-state index contributed by atoms with van der Waals surface area (Å²) >= 11 is 0.934.